The molecule has 8 heteroatoms. The SMILES string of the molecule is O=S(=O)(NCC(O)c1ccc(F)cc1)c1cc(F)ccc1F. The first-order valence-corrected chi connectivity index (χ1v) is 7.66. The summed E-state index contributed by atoms with van der Waals surface area (Å²) in [6.45, 7) is -0.468. The van der Waals surface area contributed by atoms with E-state index < -0.39 is 45.0 Å². The van der Waals surface area contributed by atoms with Gasteiger partial charge in [-0.05, 0) is 35.9 Å². The van der Waals surface area contributed by atoms with E-state index >= 15 is 0 Å². The van der Waals surface area contributed by atoms with E-state index in [1.165, 1.54) is 12.1 Å². The van der Waals surface area contributed by atoms with Gasteiger partial charge in [0.15, 0.2) is 0 Å². The molecule has 0 heterocycles. The maximum Gasteiger partial charge on any atom is 0.243 e. The van der Waals surface area contributed by atoms with E-state index in [-0.39, 0.29) is 5.56 Å². The number of hydrogen-bond acceptors (Lipinski definition) is 3. The van der Waals surface area contributed by atoms with Crippen molar-refractivity contribution in [3.05, 3.63) is 65.5 Å². The molecule has 1 unspecified atom stereocenters. The molecule has 0 aliphatic rings. The van der Waals surface area contributed by atoms with Gasteiger partial charge in [-0.2, -0.15) is 0 Å². The largest absolute Gasteiger partial charge is 0.387 e. The van der Waals surface area contributed by atoms with Crippen LogP contribution in [0, 0.1) is 17.5 Å². The molecule has 2 aromatic carbocycles. The zero-order valence-electron chi connectivity index (χ0n) is 11.1. The average molecular weight is 331 g/mol. The quantitative estimate of drug-likeness (QED) is 0.882. The van der Waals surface area contributed by atoms with Gasteiger partial charge in [0, 0.05) is 6.54 Å². The highest BCUT2D eigenvalue weighted by Crippen LogP contribution is 2.17. The first-order chi connectivity index (χ1) is 10.3. The average Bonchev–Trinajstić information content (AvgIpc) is 2.48. The third-order valence-electron chi connectivity index (χ3n) is 2.90. The van der Waals surface area contributed by atoms with Gasteiger partial charge in [-0.3, -0.25) is 0 Å². The number of sulfonamides is 1. The normalized spacial score (nSPS) is 13.1. The number of benzene rings is 2. The third-order valence-corrected chi connectivity index (χ3v) is 4.34. The van der Waals surface area contributed by atoms with Crippen molar-refractivity contribution in [3.63, 3.8) is 0 Å². The van der Waals surface area contributed by atoms with E-state index in [9.17, 15) is 26.7 Å². The van der Waals surface area contributed by atoms with Gasteiger partial charge >= 0.3 is 0 Å². The first-order valence-electron chi connectivity index (χ1n) is 6.18. The topological polar surface area (TPSA) is 66.4 Å². The summed E-state index contributed by atoms with van der Waals surface area (Å²) in [4.78, 5) is -0.848. The molecule has 2 rings (SSSR count). The maximum absolute atomic E-state index is 13.5. The van der Waals surface area contributed by atoms with Crippen LogP contribution < -0.4 is 4.72 Å². The Morgan fingerprint density at radius 2 is 1.59 bits per heavy atom. The maximum atomic E-state index is 13.5. The molecule has 0 saturated heterocycles. The fraction of sp³-hybridized carbons (Fsp3) is 0.143. The molecule has 2 N–H and O–H groups in total. The summed E-state index contributed by atoms with van der Waals surface area (Å²) in [6.07, 6.45) is -1.26. The van der Waals surface area contributed by atoms with Gasteiger partial charge in [0.05, 0.1) is 6.10 Å². The van der Waals surface area contributed by atoms with Gasteiger partial charge in [-0.15, -0.1) is 0 Å². The lowest BCUT2D eigenvalue weighted by Gasteiger charge is -2.13. The van der Waals surface area contributed by atoms with Crippen LogP contribution in [0.3, 0.4) is 0 Å². The number of aliphatic hydroxyl groups excluding tert-OH is 1. The monoisotopic (exact) mass is 331 g/mol. The van der Waals surface area contributed by atoms with Crippen LogP contribution in [0.5, 0.6) is 0 Å². The smallest absolute Gasteiger partial charge is 0.243 e. The summed E-state index contributed by atoms with van der Waals surface area (Å²) in [5.41, 5.74) is 0.281. The molecule has 0 radical (unpaired) electrons. The van der Waals surface area contributed by atoms with E-state index in [1.54, 1.807) is 0 Å². The van der Waals surface area contributed by atoms with E-state index in [0.29, 0.717) is 12.1 Å². The molecular formula is C14H12F3NO3S. The van der Waals surface area contributed by atoms with Crippen molar-refractivity contribution in [2.45, 2.75) is 11.0 Å². The lowest BCUT2D eigenvalue weighted by Crippen LogP contribution is -2.29. The van der Waals surface area contributed by atoms with Crippen LogP contribution in [0.4, 0.5) is 13.2 Å². The second-order valence-electron chi connectivity index (χ2n) is 4.49. The fourth-order valence-electron chi connectivity index (χ4n) is 1.75. The van der Waals surface area contributed by atoms with Crippen LogP contribution in [0.25, 0.3) is 0 Å². The molecule has 22 heavy (non-hydrogen) atoms. The van der Waals surface area contributed by atoms with Gasteiger partial charge in [0.25, 0.3) is 0 Å². The Kier molecular flexibility index (Phi) is 4.84. The zero-order valence-corrected chi connectivity index (χ0v) is 11.9. The van der Waals surface area contributed by atoms with E-state index in [1.807, 2.05) is 4.72 Å². The van der Waals surface area contributed by atoms with Crippen molar-refractivity contribution in [2.75, 3.05) is 6.54 Å². The predicted molar refractivity (Wildman–Crippen MR) is 72.9 cm³/mol. The number of rotatable bonds is 5. The molecule has 0 aromatic heterocycles. The minimum absolute atomic E-state index is 0.281. The summed E-state index contributed by atoms with van der Waals surface area (Å²) in [7, 11) is -4.32. The molecule has 2 aromatic rings. The summed E-state index contributed by atoms with van der Waals surface area (Å²) in [5, 5.41) is 9.83. The van der Waals surface area contributed by atoms with Crippen molar-refractivity contribution >= 4 is 10.0 Å². The van der Waals surface area contributed by atoms with Gasteiger partial charge in [0.2, 0.25) is 10.0 Å². The van der Waals surface area contributed by atoms with Crippen LogP contribution >= 0.6 is 0 Å². The van der Waals surface area contributed by atoms with Crippen LogP contribution in [0.1, 0.15) is 11.7 Å². The molecule has 0 amide bonds. The summed E-state index contributed by atoms with van der Waals surface area (Å²) in [5.74, 6) is -2.51. The number of hydrogen-bond donors (Lipinski definition) is 2. The summed E-state index contributed by atoms with van der Waals surface area (Å²) in [6, 6.07) is 6.83. The lowest BCUT2D eigenvalue weighted by atomic mass is 10.1. The highest BCUT2D eigenvalue weighted by Gasteiger charge is 2.21. The molecule has 0 spiro atoms. The Balaban J connectivity index is 2.12. The van der Waals surface area contributed by atoms with Crippen molar-refractivity contribution in [1.29, 1.82) is 0 Å². The first kappa shape index (κ1) is 16.5. The molecule has 0 aliphatic heterocycles. The van der Waals surface area contributed by atoms with Crippen LogP contribution in [0.2, 0.25) is 0 Å². The van der Waals surface area contributed by atoms with Crippen molar-refractivity contribution in [3.8, 4) is 0 Å². The summed E-state index contributed by atoms with van der Waals surface area (Å²) < 4.78 is 65.1. The van der Waals surface area contributed by atoms with Gasteiger partial charge in [-0.1, -0.05) is 12.1 Å². The Hall–Kier alpha value is -1.90. The minimum atomic E-state index is -4.32. The van der Waals surface area contributed by atoms with Crippen molar-refractivity contribution in [2.24, 2.45) is 0 Å². The summed E-state index contributed by atoms with van der Waals surface area (Å²) >= 11 is 0. The number of nitrogens with one attached hydrogen (secondary N) is 1. The molecule has 0 saturated carbocycles. The van der Waals surface area contributed by atoms with Crippen LogP contribution in [-0.4, -0.2) is 20.1 Å². The van der Waals surface area contributed by atoms with E-state index in [2.05, 4.69) is 0 Å². The van der Waals surface area contributed by atoms with E-state index in [0.717, 1.165) is 18.2 Å². The number of halogens is 3. The fourth-order valence-corrected chi connectivity index (χ4v) is 2.88. The molecule has 118 valence electrons. The van der Waals surface area contributed by atoms with Gasteiger partial charge in [-0.25, -0.2) is 26.3 Å². The van der Waals surface area contributed by atoms with Gasteiger partial charge < -0.3 is 5.11 Å². The third kappa shape index (κ3) is 3.85. The minimum Gasteiger partial charge on any atom is -0.387 e. The second-order valence-corrected chi connectivity index (χ2v) is 6.23. The Morgan fingerprint density at radius 3 is 2.23 bits per heavy atom. The molecule has 0 bridgehead atoms. The zero-order chi connectivity index (χ0) is 16.3. The molecule has 0 aliphatic carbocycles. The van der Waals surface area contributed by atoms with Gasteiger partial charge in [0.1, 0.15) is 22.3 Å². The Labute approximate surface area is 125 Å². The van der Waals surface area contributed by atoms with Crippen molar-refractivity contribution < 1.29 is 26.7 Å². The Morgan fingerprint density at radius 1 is 1.00 bits per heavy atom. The molecule has 1 atom stereocenters. The number of aliphatic hydroxyl groups is 1. The van der Waals surface area contributed by atoms with Crippen LogP contribution in [0.15, 0.2) is 47.4 Å². The Bertz CT molecular complexity index is 763. The van der Waals surface area contributed by atoms with E-state index in [4.69, 9.17) is 0 Å². The lowest BCUT2D eigenvalue weighted by molar-refractivity contribution is 0.182. The molecule has 0 fully saturated rings. The van der Waals surface area contributed by atoms with Crippen LogP contribution in [-0.2, 0) is 10.0 Å². The molecular weight excluding hydrogens is 319 g/mol. The molecule has 4 nitrogen and oxygen atoms in total. The second kappa shape index (κ2) is 6.47. The highest BCUT2D eigenvalue weighted by molar-refractivity contribution is 7.89. The predicted octanol–water partition coefficient (Wildman–Crippen LogP) is 2.12. The standard InChI is InChI=1S/C14H12F3NO3S/c15-10-3-1-9(2-4-10)13(19)8-18-22(20,21)14-7-11(16)5-6-12(14)17/h1-7,13,18-19H,8H2. The van der Waals surface area contributed by atoms with Crippen molar-refractivity contribution in [1.82, 2.24) is 4.72 Å². The highest BCUT2D eigenvalue weighted by atomic mass is 32.2.